The molecule has 0 heterocycles. The van der Waals surface area contributed by atoms with Crippen molar-refractivity contribution in [3.63, 3.8) is 0 Å². The molecule has 28 heavy (non-hydrogen) atoms. The molecule has 0 atom stereocenters. The second-order valence-electron chi connectivity index (χ2n) is 6.98. The van der Waals surface area contributed by atoms with Gasteiger partial charge in [0, 0.05) is 22.3 Å². The molecule has 1 heteroatoms. The van der Waals surface area contributed by atoms with Crippen LogP contribution >= 0.6 is 0 Å². The molecule has 0 saturated heterocycles. The molecule has 0 N–H and O–H groups in total. The summed E-state index contributed by atoms with van der Waals surface area (Å²) in [6, 6.07) is 11.8. The summed E-state index contributed by atoms with van der Waals surface area (Å²) in [5, 5.41) is 0. The van der Waals surface area contributed by atoms with Crippen molar-refractivity contribution in [3.8, 4) is 34.8 Å². The molecule has 1 nitrogen and oxygen atoms in total. The molecule has 5 rings (SSSR count). The lowest BCUT2D eigenvalue weighted by Crippen LogP contribution is -1.96. The SMILES string of the molecule is O=C1c2cc(C#CC3C=CC=C3)ccc2-c2ccc(C#CC3C=CC=C3)cc21. The van der Waals surface area contributed by atoms with Crippen molar-refractivity contribution in [1.82, 2.24) is 0 Å². The summed E-state index contributed by atoms with van der Waals surface area (Å²) in [5.74, 6) is 13.2. The minimum atomic E-state index is 0.0543. The van der Waals surface area contributed by atoms with Gasteiger partial charge in [-0.25, -0.2) is 0 Å². The molecule has 0 radical (unpaired) electrons. The highest BCUT2D eigenvalue weighted by Gasteiger charge is 2.26. The maximum Gasteiger partial charge on any atom is 0.194 e. The Balaban J connectivity index is 1.45. The summed E-state index contributed by atoms with van der Waals surface area (Å²) in [6.07, 6.45) is 16.2. The van der Waals surface area contributed by atoms with Crippen LogP contribution in [0.15, 0.2) is 85.0 Å². The molecule has 0 aliphatic heterocycles. The van der Waals surface area contributed by atoms with E-state index in [1.54, 1.807) is 0 Å². The van der Waals surface area contributed by atoms with Gasteiger partial charge in [0.15, 0.2) is 5.78 Å². The van der Waals surface area contributed by atoms with Crippen LogP contribution < -0.4 is 0 Å². The Morgan fingerprint density at radius 1 is 0.571 bits per heavy atom. The zero-order chi connectivity index (χ0) is 18.9. The lowest BCUT2D eigenvalue weighted by Gasteiger charge is -2.01. The molecule has 2 aromatic carbocycles. The van der Waals surface area contributed by atoms with E-state index in [2.05, 4.69) is 48.0 Å². The molecule has 0 bridgehead atoms. The van der Waals surface area contributed by atoms with Crippen LogP contribution in [-0.4, -0.2) is 5.78 Å². The normalized spacial score (nSPS) is 15.9. The van der Waals surface area contributed by atoms with Gasteiger partial charge in [-0.2, -0.15) is 0 Å². The van der Waals surface area contributed by atoms with Crippen LogP contribution in [0.25, 0.3) is 11.1 Å². The van der Waals surface area contributed by atoms with Crippen LogP contribution in [0.2, 0.25) is 0 Å². The lowest BCUT2D eigenvalue weighted by atomic mass is 10.0. The first-order valence-electron chi connectivity index (χ1n) is 9.34. The van der Waals surface area contributed by atoms with Gasteiger partial charge in [0.1, 0.15) is 0 Å². The van der Waals surface area contributed by atoms with Crippen molar-refractivity contribution >= 4 is 5.78 Å². The Morgan fingerprint density at radius 3 is 1.43 bits per heavy atom. The van der Waals surface area contributed by atoms with Gasteiger partial charge in [-0.1, -0.05) is 84.4 Å². The third kappa shape index (κ3) is 2.94. The highest BCUT2D eigenvalue weighted by Crippen LogP contribution is 2.37. The minimum Gasteiger partial charge on any atom is -0.289 e. The molecule has 0 spiro atoms. The largest absolute Gasteiger partial charge is 0.289 e. The summed E-state index contributed by atoms with van der Waals surface area (Å²) in [6.45, 7) is 0. The number of hydrogen-bond donors (Lipinski definition) is 0. The van der Waals surface area contributed by atoms with Gasteiger partial charge < -0.3 is 0 Å². The molecular weight excluding hydrogens is 340 g/mol. The minimum absolute atomic E-state index is 0.0543. The maximum absolute atomic E-state index is 13.0. The molecule has 0 fully saturated rings. The smallest absolute Gasteiger partial charge is 0.194 e. The second-order valence-corrected chi connectivity index (χ2v) is 6.98. The fourth-order valence-electron chi connectivity index (χ4n) is 3.62. The van der Waals surface area contributed by atoms with E-state index in [4.69, 9.17) is 0 Å². The summed E-state index contributed by atoms with van der Waals surface area (Å²) in [7, 11) is 0. The average molecular weight is 356 g/mol. The van der Waals surface area contributed by atoms with E-state index in [1.165, 1.54) is 0 Å². The van der Waals surface area contributed by atoms with Crippen molar-refractivity contribution in [2.24, 2.45) is 11.8 Å². The van der Waals surface area contributed by atoms with E-state index in [1.807, 2.05) is 60.7 Å². The summed E-state index contributed by atoms with van der Waals surface area (Å²) in [5.41, 5.74) is 5.15. The van der Waals surface area contributed by atoms with E-state index in [0.717, 1.165) is 33.4 Å². The Hall–Kier alpha value is -3.81. The number of carbonyl (C=O) groups excluding carboxylic acids is 1. The van der Waals surface area contributed by atoms with Crippen molar-refractivity contribution in [3.05, 3.63) is 107 Å². The topological polar surface area (TPSA) is 17.1 Å². The Labute approximate surface area is 164 Å². The van der Waals surface area contributed by atoms with Gasteiger partial charge >= 0.3 is 0 Å². The van der Waals surface area contributed by atoms with Crippen LogP contribution in [0.4, 0.5) is 0 Å². The number of ketones is 1. The number of rotatable bonds is 0. The number of carbonyl (C=O) groups is 1. The van der Waals surface area contributed by atoms with Crippen molar-refractivity contribution in [1.29, 1.82) is 0 Å². The van der Waals surface area contributed by atoms with Crippen molar-refractivity contribution in [2.45, 2.75) is 0 Å². The van der Waals surface area contributed by atoms with E-state index in [0.29, 0.717) is 0 Å². The van der Waals surface area contributed by atoms with Gasteiger partial charge in [-0.15, -0.1) is 0 Å². The molecule has 130 valence electrons. The molecule has 2 aromatic rings. The summed E-state index contributed by atoms with van der Waals surface area (Å²) in [4.78, 5) is 13.0. The van der Waals surface area contributed by atoms with E-state index < -0.39 is 0 Å². The Bertz CT molecular complexity index is 1120. The first-order valence-corrected chi connectivity index (χ1v) is 9.34. The number of fused-ring (bicyclic) bond motifs is 3. The van der Waals surface area contributed by atoms with Crippen LogP contribution in [-0.2, 0) is 0 Å². The lowest BCUT2D eigenvalue weighted by molar-refractivity contribution is 0.104. The fraction of sp³-hybridized carbons (Fsp3) is 0.0741. The molecule has 0 unspecified atom stereocenters. The van der Waals surface area contributed by atoms with Gasteiger partial charge in [-0.05, 0) is 35.4 Å². The third-order valence-corrected chi connectivity index (χ3v) is 5.08. The van der Waals surface area contributed by atoms with Crippen LogP contribution in [0.3, 0.4) is 0 Å². The Kier molecular flexibility index (Phi) is 3.93. The molecule has 0 saturated carbocycles. The number of benzene rings is 2. The monoisotopic (exact) mass is 356 g/mol. The first-order chi connectivity index (χ1) is 13.8. The Morgan fingerprint density at radius 2 is 1.00 bits per heavy atom. The molecule has 3 aliphatic carbocycles. The number of allylic oxidation sites excluding steroid dienone is 8. The van der Waals surface area contributed by atoms with E-state index >= 15 is 0 Å². The van der Waals surface area contributed by atoms with Crippen LogP contribution in [0.5, 0.6) is 0 Å². The molecule has 0 aromatic heterocycles. The van der Waals surface area contributed by atoms with Gasteiger partial charge in [0.05, 0.1) is 11.8 Å². The van der Waals surface area contributed by atoms with Crippen LogP contribution in [0, 0.1) is 35.5 Å². The summed E-state index contributed by atoms with van der Waals surface area (Å²) < 4.78 is 0. The maximum atomic E-state index is 13.0. The van der Waals surface area contributed by atoms with E-state index in [9.17, 15) is 4.79 Å². The van der Waals surface area contributed by atoms with Crippen LogP contribution in [0.1, 0.15) is 27.0 Å². The number of hydrogen-bond acceptors (Lipinski definition) is 1. The fourth-order valence-corrected chi connectivity index (χ4v) is 3.62. The zero-order valence-corrected chi connectivity index (χ0v) is 15.1. The quantitative estimate of drug-likeness (QED) is 0.513. The van der Waals surface area contributed by atoms with Crippen molar-refractivity contribution in [2.75, 3.05) is 0 Å². The van der Waals surface area contributed by atoms with Gasteiger partial charge in [0.2, 0.25) is 0 Å². The zero-order valence-electron chi connectivity index (χ0n) is 15.1. The predicted octanol–water partition coefficient (Wildman–Crippen LogP) is 5.09. The summed E-state index contributed by atoms with van der Waals surface area (Å²) >= 11 is 0. The van der Waals surface area contributed by atoms with Gasteiger partial charge in [0.25, 0.3) is 0 Å². The standard InChI is InChI=1S/C27H16O/c28-27-25-17-21(11-9-19-5-1-2-6-19)13-15-23(25)24-16-14-22(18-26(24)27)12-10-20-7-3-4-8-20/h1-8,13-20H. The van der Waals surface area contributed by atoms with Gasteiger partial charge in [-0.3, -0.25) is 4.79 Å². The van der Waals surface area contributed by atoms with E-state index in [-0.39, 0.29) is 17.6 Å². The highest BCUT2D eigenvalue weighted by molar-refractivity contribution is 6.22. The second kappa shape index (κ2) is 6.73. The predicted molar refractivity (Wildman–Crippen MR) is 113 cm³/mol. The highest BCUT2D eigenvalue weighted by atomic mass is 16.1. The average Bonchev–Trinajstić information content (AvgIpc) is 3.47. The molecule has 0 amide bonds. The molecular formula is C27H16O. The first kappa shape index (κ1) is 16.4. The van der Waals surface area contributed by atoms with Crippen molar-refractivity contribution < 1.29 is 4.79 Å². The third-order valence-electron chi connectivity index (χ3n) is 5.08. The molecule has 3 aliphatic rings.